The second-order valence-corrected chi connectivity index (χ2v) is 4.80. The van der Waals surface area contributed by atoms with Gasteiger partial charge in [-0.2, -0.15) is 0 Å². The van der Waals surface area contributed by atoms with Crippen molar-refractivity contribution in [3.05, 3.63) is 23.9 Å². The first-order valence-corrected chi connectivity index (χ1v) is 6.61. The maximum atomic E-state index is 12.0. The number of hydrogen-bond donors (Lipinski definition) is 2. The van der Waals surface area contributed by atoms with Crippen LogP contribution in [0.1, 0.15) is 23.2 Å². The molecule has 0 saturated carbocycles. The second kappa shape index (κ2) is 8.21. The Labute approximate surface area is 123 Å². The summed E-state index contributed by atoms with van der Waals surface area (Å²) in [6.07, 6.45) is 2.31. The van der Waals surface area contributed by atoms with Crippen LogP contribution >= 0.6 is 0 Å². The smallest absolute Gasteiger partial charge is 0.326 e. The minimum absolute atomic E-state index is 0.318. The summed E-state index contributed by atoms with van der Waals surface area (Å²) in [6.45, 7) is 0.457. The van der Waals surface area contributed by atoms with Crippen LogP contribution in [-0.4, -0.2) is 55.8 Å². The molecule has 0 saturated heterocycles. The van der Waals surface area contributed by atoms with Gasteiger partial charge in [-0.15, -0.1) is 0 Å². The number of carboxylic acid groups (broad SMARTS) is 1. The molecule has 7 heteroatoms. The lowest BCUT2D eigenvalue weighted by atomic mass is 10.1. The zero-order valence-electron chi connectivity index (χ0n) is 12.5. The fraction of sp³-hybridized carbons (Fsp3) is 0.500. The van der Waals surface area contributed by atoms with Crippen LogP contribution in [0.2, 0.25) is 0 Å². The number of anilines is 1. The number of amides is 1. The number of carbonyl (C=O) groups is 2. The quantitative estimate of drug-likeness (QED) is 0.688. The van der Waals surface area contributed by atoms with Gasteiger partial charge in [-0.25, -0.2) is 9.78 Å². The van der Waals surface area contributed by atoms with Crippen molar-refractivity contribution in [3.63, 3.8) is 0 Å². The van der Waals surface area contributed by atoms with Gasteiger partial charge in [-0.3, -0.25) is 4.79 Å². The van der Waals surface area contributed by atoms with E-state index in [2.05, 4.69) is 10.3 Å². The van der Waals surface area contributed by atoms with Crippen molar-refractivity contribution in [1.82, 2.24) is 10.3 Å². The zero-order valence-corrected chi connectivity index (χ0v) is 12.5. The molecule has 0 radical (unpaired) electrons. The Morgan fingerprint density at radius 1 is 1.43 bits per heavy atom. The summed E-state index contributed by atoms with van der Waals surface area (Å²) in [5.74, 6) is -0.781. The van der Waals surface area contributed by atoms with Crippen molar-refractivity contribution in [2.75, 3.05) is 32.7 Å². The topological polar surface area (TPSA) is 91.8 Å². The van der Waals surface area contributed by atoms with Crippen LogP contribution in [0, 0.1) is 0 Å². The summed E-state index contributed by atoms with van der Waals surface area (Å²) in [4.78, 5) is 29.1. The molecule has 21 heavy (non-hydrogen) atoms. The Kier molecular flexibility index (Phi) is 6.61. The highest BCUT2D eigenvalue weighted by molar-refractivity contribution is 5.96. The van der Waals surface area contributed by atoms with Gasteiger partial charge < -0.3 is 20.1 Å². The van der Waals surface area contributed by atoms with Crippen LogP contribution in [-0.2, 0) is 9.53 Å². The number of nitrogens with zero attached hydrogens (tertiary/aromatic N) is 2. The second-order valence-electron chi connectivity index (χ2n) is 4.80. The van der Waals surface area contributed by atoms with Crippen molar-refractivity contribution in [1.29, 1.82) is 0 Å². The van der Waals surface area contributed by atoms with E-state index < -0.39 is 17.9 Å². The molecule has 1 rings (SSSR count). The Hall–Kier alpha value is -2.15. The van der Waals surface area contributed by atoms with Crippen molar-refractivity contribution in [3.8, 4) is 0 Å². The van der Waals surface area contributed by atoms with Crippen LogP contribution in [0.5, 0.6) is 0 Å². The van der Waals surface area contributed by atoms with E-state index >= 15 is 0 Å². The van der Waals surface area contributed by atoms with Gasteiger partial charge in [0, 0.05) is 34.0 Å². The number of aromatic nitrogens is 1. The molecule has 1 amide bonds. The highest BCUT2D eigenvalue weighted by atomic mass is 16.5. The molecule has 1 atom stereocenters. The summed E-state index contributed by atoms with van der Waals surface area (Å²) in [5, 5.41) is 11.6. The minimum atomic E-state index is -1.06. The van der Waals surface area contributed by atoms with E-state index in [1.165, 1.54) is 6.20 Å². The molecule has 0 aromatic carbocycles. The number of methoxy groups -OCH3 is 1. The van der Waals surface area contributed by atoms with Crippen molar-refractivity contribution in [2.45, 2.75) is 18.9 Å². The molecule has 1 unspecified atom stereocenters. The SMILES string of the molecule is COCCCC(NC(=O)c1ccc(N(C)C)nc1)C(=O)O. The highest BCUT2D eigenvalue weighted by Gasteiger charge is 2.20. The van der Waals surface area contributed by atoms with Gasteiger partial charge in [0.05, 0.1) is 5.56 Å². The lowest BCUT2D eigenvalue weighted by Gasteiger charge is -2.15. The number of rotatable bonds is 8. The third kappa shape index (κ3) is 5.39. The Balaban J connectivity index is 2.66. The Morgan fingerprint density at radius 3 is 2.62 bits per heavy atom. The molecule has 0 aliphatic carbocycles. The van der Waals surface area contributed by atoms with Gasteiger partial charge in [0.1, 0.15) is 11.9 Å². The molecule has 0 spiro atoms. The zero-order chi connectivity index (χ0) is 15.8. The largest absolute Gasteiger partial charge is 0.480 e. The van der Waals surface area contributed by atoms with Gasteiger partial charge >= 0.3 is 5.97 Å². The van der Waals surface area contributed by atoms with Crippen molar-refractivity contribution in [2.24, 2.45) is 0 Å². The van der Waals surface area contributed by atoms with Gasteiger partial charge in [0.2, 0.25) is 0 Å². The fourth-order valence-electron chi connectivity index (χ4n) is 1.72. The molecular weight excluding hydrogens is 274 g/mol. The number of hydrogen-bond acceptors (Lipinski definition) is 5. The first kappa shape index (κ1) is 16.9. The van der Waals surface area contributed by atoms with Crippen molar-refractivity contribution < 1.29 is 19.4 Å². The number of carboxylic acids is 1. The third-order valence-corrected chi connectivity index (χ3v) is 2.91. The summed E-state index contributed by atoms with van der Waals surface area (Å²) in [6, 6.07) is 2.39. The van der Waals surface area contributed by atoms with Gasteiger partial charge in [-0.1, -0.05) is 0 Å². The molecule has 1 aromatic heterocycles. The molecule has 7 nitrogen and oxygen atoms in total. The normalized spacial score (nSPS) is 11.8. The summed E-state index contributed by atoms with van der Waals surface area (Å²) in [7, 11) is 5.24. The molecule has 1 aromatic rings. The number of pyridine rings is 1. The molecular formula is C14H21N3O4. The fourth-order valence-corrected chi connectivity index (χ4v) is 1.72. The van der Waals surface area contributed by atoms with E-state index in [4.69, 9.17) is 9.84 Å². The van der Waals surface area contributed by atoms with Gasteiger partial charge in [0.15, 0.2) is 0 Å². The lowest BCUT2D eigenvalue weighted by molar-refractivity contribution is -0.139. The molecule has 0 aliphatic heterocycles. The standard InChI is InChI=1S/C14H21N3O4/c1-17(2)12-7-6-10(9-15-12)13(18)16-11(14(19)20)5-4-8-21-3/h6-7,9,11H,4-5,8H2,1-3H3,(H,16,18)(H,19,20). The van der Waals surface area contributed by atoms with E-state index in [-0.39, 0.29) is 0 Å². The van der Waals surface area contributed by atoms with Crippen LogP contribution in [0.15, 0.2) is 18.3 Å². The van der Waals surface area contributed by atoms with E-state index in [1.54, 1.807) is 19.2 Å². The molecule has 116 valence electrons. The lowest BCUT2D eigenvalue weighted by Crippen LogP contribution is -2.41. The molecule has 2 N–H and O–H groups in total. The minimum Gasteiger partial charge on any atom is -0.480 e. The summed E-state index contributed by atoms with van der Waals surface area (Å²) in [5.41, 5.74) is 0.332. The highest BCUT2D eigenvalue weighted by Crippen LogP contribution is 2.08. The van der Waals surface area contributed by atoms with E-state index in [9.17, 15) is 9.59 Å². The van der Waals surface area contributed by atoms with E-state index in [0.717, 1.165) is 5.82 Å². The Bertz CT molecular complexity index is 474. The number of ether oxygens (including phenoxy) is 1. The van der Waals surface area contributed by atoms with Gasteiger partial charge in [0.25, 0.3) is 5.91 Å². The average Bonchev–Trinajstić information content (AvgIpc) is 2.46. The Morgan fingerprint density at radius 2 is 2.14 bits per heavy atom. The predicted molar refractivity (Wildman–Crippen MR) is 78.6 cm³/mol. The predicted octanol–water partition coefficient (Wildman–Crippen LogP) is 0.757. The molecule has 0 aliphatic rings. The monoisotopic (exact) mass is 295 g/mol. The van der Waals surface area contributed by atoms with Crippen LogP contribution < -0.4 is 10.2 Å². The maximum Gasteiger partial charge on any atom is 0.326 e. The molecule has 0 fully saturated rings. The van der Waals surface area contributed by atoms with Crippen LogP contribution in [0.3, 0.4) is 0 Å². The maximum absolute atomic E-state index is 12.0. The summed E-state index contributed by atoms with van der Waals surface area (Å²) >= 11 is 0. The number of carbonyl (C=O) groups excluding carboxylic acids is 1. The number of nitrogens with one attached hydrogen (secondary N) is 1. The number of aliphatic carboxylic acids is 1. The molecule has 0 bridgehead atoms. The van der Waals surface area contributed by atoms with Gasteiger partial charge in [-0.05, 0) is 25.0 Å². The van der Waals surface area contributed by atoms with E-state index in [0.29, 0.717) is 25.0 Å². The van der Waals surface area contributed by atoms with Crippen LogP contribution in [0.25, 0.3) is 0 Å². The summed E-state index contributed by atoms with van der Waals surface area (Å²) < 4.78 is 4.88. The van der Waals surface area contributed by atoms with E-state index in [1.807, 2.05) is 19.0 Å². The average molecular weight is 295 g/mol. The first-order chi connectivity index (χ1) is 9.95. The third-order valence-electron chi connectivity index (χ3n) is 2.91. The van der Waals surface area contributed by atoms with Crippen molar-refractivity contribution >= 4 is 17.7 Å². The molecule has 1 heterocycles. The van der Waals surface area contributed by atoms with Crippen LogP contribution in [0.4, 0.5) is 5.82 Å². The first-order valence-electron chi connectivity index (χ1n) is 6.61.